The molecule has 1 aromatic carbocycles. The summed E-state index contributed by atoms with van der Waals surface area (Å²) in [7, 11) is 3.29. The van der Waals surface area contributed by atoms with E-state index < -0.39 is 5.41 Å². The molecular weight excluding hydrogens is 400 g/mol. The van der Waals surface area contributed by atoms with Crippen LogP contribution in [0.5, 0.6) is 5.88 Å². The molecular formula is C27H34N2O3. The highest BCUT2D eigenvalue weighted by Crippen LogP contribution is 2.33. The number of pyridine rings is 1. The van der Waals surface area contributed by atoms with Crippen molar-refractivity contribution in [2.45, 2.75) is 39.0 Å². The maximum Gasteiger partial charge on any atom is 0.216 e. The van der Waals surface area contributed by atoms with Gasteiger partial charge in [-0.15, -0.1) is 0 Å². The van der Waals surface area contributed by atoms with Gasteiger partial charge in [-0.1, -0.05) is 49.4 Å². The summed E-state index contributed by atoms with van der Waals surface area (Å²) < 4.78 is 15.9. The average Bonchev–Trinajstić information content (AvgIpc) is 2.80. The Balaban J connectivity index is 2.14. The topological polar surface area (TPSA) is 64.4 Å². The molecule has 0 saturated carbocycles. The van der Waals surface area contributed by atoms with Crippen LogP contribution in [0.15, 0.2) is 60.2 Å². The predicted octanol–water partition coefficient (Wildman–Crippen LogP) is 5.70. The molecule has 5 heteroatoms. The molecule has 1 atom stereocenters. The van der Waals surface area contributed by atoms with Crippen LogP contribution in [0.25, 0.3) is 10.9 Å². The Bertz CT molecular complexity index is 1030. The molecule has 0 amide bonds. The van der Waals surface area contributed by atoms with Crippen molar-refractivity contribution in [2.75, 3.05) is 34.0 Å². The van der Waals surface area contributed by atoms with Crippen molar-refractivity contribution in [1.82, 2.24) is 4.98 Å². The summed E-state index contributed by atoms with van der Waals surface area (Å²) in [5.74, 6) is 0.636. The minimum Gasteiger partial charge on any atom is -0.481 e. The van der Waals surface area contributed by atoms with Crippen LogP contribution in [0.1, 0.15) is 38.3 Å². The number of fused-ring (bicyclic) bond motifs is 1. The van der Waals surface area contributed by atoms with Gasteiger partial charge in [-0.25, -0.2) is 4.98 Å². The Morgan fingerprint density at radius 2 is 2.03 bits per heavy atom. The molecule has 0 aliphatic carbocycles. The summed E-state index contributed by atoms with van der Waals surface area (Å²) >= 11 is 0. The molecule has 0 radical (unpaired) electrons. The molecule has 0 saturated heterocycles. The molecule has 0 N–H and O–H groups in total. The average molecular weight is 435 g/mol. The number of benzene rings is 1. The summed E-state index contributed by atoms with van der Waals surface area (Å²) in [6.45, 7) is 11.9. The van der Waals surface area contributed by atoms with Crippen LogP contribution in [-0.2, 0) is 21.3 Å². The van der Waals surface area contributed by atoms with Gasteiger partial charge in [-0.3, -0.25) is 0 Å². The van der Waals surface area contributed by atoms with E-state index in [9.17, 15) is 5.26 Å². The highest BCUT2D eigenvalue weighted by molar-refractivity contribution is 5.81. The Labute approximate surface area is 192 Å². The molecule has 1 unspecified atom stereocenters. The lowest BCUT2D eigenvalue weighted by molar-refractivity contribution is 0.0823. The summed E-state index contributed by atoms with van der Waals surface area (Å²) in [5, 5.41) is 11.0. The number of aryl methyl sites for hydroxylation is 1. The van der Waals surface area contributed by atoms with Crippen LogP contribution < -0.4 is 4.74 Å². The lowest BCUT2D eigenvalue weighted by Gasteiger charge is -2.23. The van der Waals surface area contributed by atoms with E-state index in [0.717, 1.165) is 39.6 Å². The van der Waals surface area contributed by atoms with Gasteiger partial charge >= 0.3 is 0 Å². The van der Waals surface area contributed by atoms with E-state index in [4.69, 9.17) is 14.2 Å². The second kappa shape index (κ2) is 12.2. The lowest BCUT2D eigenvalue weighted by Crippen LogP contribution is -2.20. The van der Waals surface area contributed by atoms with Gasteiger partial charge < -0.3 is 14.2 Å². The summed E-state index contributed by atoms with van der Waals surface area (Å²) in [5.41, 5.74) is 4.09. The van der Waals surface area contributed by atoms with E-state index >= 15 is 0 Å². The van der Waals surface area contributed by atoms with Crippen molar-refractivity contribution >= 4 is 10.9 Å². The van der Waals surface area contributed by atoms with E-state index in [1.165, 1.54) is 0 Å². The Morgan fingerprint density at radius 1 is 1.25 bits per heavy atom. The molecule has 2 rings (SSSR count). The molecule has 0 fully saturated rings. The normalized spacial score (nSPS) is 13.8. The second-order valence-corrected chi connectivity index (χ2v) is 8.11. The summed E-state index contributed by atoms with van der Waals surface area (Å²) in [4.78, 5) is 4.66. The first-order chi connectivity index (χ1) is 15.4. The minimum absolute atomic E-state index is 0.521. The molecule has 5 nitrogen and oxygen atoms in total. The van der Waals surface area contributed by atoms with Crippen LogP contribution in [0, 0.1) is 11.3 Å². The van der Waals surface area contributed by atoms with Gasteiger partial charge in [0.2, 0.25) is 5.88 Å². The Kier molecular flexibility index (Phi) is 9.64. The third kappa shape index (κ3) is 6.78. The highest BCUT2D eigenvalue weighted by Gasteiger charge is 2.27. The van der Waals surface area contributed by atoms with E-state index in [1.54, 1.807) is 14.2 Å². The van der Waals surface area contributed by atoms with Gasteiger partial charge in [0.05, 0.1) is 43.9 Å². The number of hydrogen-bond acceptors (Lipinski definition) is 5. The van der Waals surface area contributed by atoms with Gasteiger partial charge in [0.1, 0.15) is 0 Å². The molecule has 32 heavy (non-hydrogen) atoms. The minimum atomic E-state index is -0.712. The predicted molar refractivity (Wildman–Crippen MR) is 130 cm³/mol. The maximum atomic E-state index is 10.00. The van der Waals surface area contributed by atoms with Crippen LogP contribution in [0.3, 0.4) is 0 Å². The molecule has 2 aromatic rings. The first-order valence-corrected chi connectivity index (χ1v) is 10.8. The van der Waals surface area contributed by atoms with E-state index in [0.29, 0.717) is 32.1 Å². The van der Waals surface area contributed by atoms with Crippen molar-refractivity contribution in [3.05, 3.63) is 71.3 Å². The third-order valence-corrected chi connectivity index (χ3v) is 5.37. The zero-order valence-corrected chi connectivity index (χ0v) is 19.9. The quantitative estimate of drug-likeness (QED) is 0.317. The summed E-state index contributed by atoms with van der Waals surface area (Å²) in [6, 6.07) is 10.6. The standard InChI is InChI=1S/C27H34N2O3/c1-7-22-15-23-11-12-24(16-25(23)29-26(22)31-6)27(4,19-28)17-20(2)9-8-10-21(3)18-32-14-13-30-5/h8-12,15-16H,2,7,13-14,17-18H2,1,3-6H3/b9-8-,21-10+. The van der Waals surface area contributed by atoms with Crippen molar-refractivity contribution in [1.29, 1.82) is 5.26 Å². The van der Waals surface area contributed by atoms with Gasteiger partial charge in [0.15, 0.2) is 0 Å². The largest absolute Gasteiger partial charge is 0.481 e. The molecule has 0 bridgehead atoms. The zero-order chi connectivity index (χ0) is 23.6. The number of methoxy groups -OCH3 is 2. The van der Waals surface area contributed by atoms with Gasteiger partial charge in [0.25, 0.3) is 0 Å². The Morgan fingerprint density at radius 3 is 2.69 bits per heavy atom. The van der Waals surface area contributed by atoms with E-state index in [2.05, 4.69) is 30.6 Å². The van der Waals surface area contributed by atoms with Gasteiger partial charge in [-0.05, 0) is 50.0 Å². The number of hydrogen-bond donors (Lipinski definition) is 0. The maximum absolute atomic E-state index is 10.00. The fourth-order valence-electron chi connectivity index (χ4n) is 3.46. The van der Waals surface area contributed by atoms with Crippen LogP contribution in [0.4, 0.5) is 0 Å². The molecule has 0 aliphatic heterocycles. The molecule has 1 heterocycles. The van der Waals surface area contributed by atoms with Crippen LogP contribution in [-0.4, -0.2) is 39.0 Å². The summed E-state index contributed by atoms with van der Waals surface area (Å²) in [6.07, 6.45) is 7.27. The molecule has 0 aliphatic rings. The first kappa shape index (κ1) is 25.3. The number of aromatic nitrogens is 1. The number of nitrogens with zero attached hydrogens (tertiary/aromatic N) is 2. The van der Waals surface area contributed by atoms with Crippen LogP contribution in [0.2, 0.25) is 0 Å². The third-order valence-electron chi connectivity index (χ3n) is 5.37. The SMILES string of the molecule is C=C(/C=C\C=C(/C)COCCOC)CC(C)(C#N)c1ccc2cc(CC)c(OC)nc2c1. The van der Waals surface area contributed by atoms with Crippen LogP contribution >= 0.6 is 0 Å². The van der Waals surface area contributed by atoms with Crippen molar-refractivity contribution < 1.29 is 14.2 Å². The number of allylic oxidation sites excluding steroid dienone is 4. The number of rotatable bonds is 12. The number of ether oxygens (including phenoxy) is 3. The van der Waals surface area contributed by atoms with E-state index in [-0.39, 0.29) is 0 Å². The Hall–Kier alpha value is -2.94. The number of nitriles is 1. The van der Waals surface area contributed by atoms with Gasteiger partial charge in [0, 0.05) is 18.1 Å². The molecule has 1 aromatic heterocycles. The fraction of sp³-hybridized carbons (Fsp3) is 0.407. The van der Waals surface area contributed by atoms with Crippen molar-refractivity contribution in [3.8, 4) is 11.9 Å². The highest BCUT2D eigenvalue weighted by atomic mass is 16.5. The molecule has 170 valence electrons. The monoisotopic (exact) mass is 434 g/mol. The van der Waals surface area contributed by atoms with Gasteiger partial charge in [-0.2, -0.15) is 5.26 Å². The van der Waals surface area contributed by atoms with Crippen molar-refractivity contribution in [2.24, 2.45) is 0 Å². The lowest BCUT2D eigenvalue weighted by atomic mass is 9.78. The van der Waals surface area contributed by atoms with E-state index in [1.807, 2.05) is 50.3 Å². The zero-order valence-electron chi connectivity index (χ0n) is 19.9. The first-order valence-electron chi connectivity index (χ1n) is 10.8. The smallest absolute Gasteiger partial charge is 0.216 e. The molecule has 0 spiro atoms. The van der Waals surface area contributed by atoms with Crippen molar-refractivity contribution in [3.63, 3.8) is 0 Å². The fourth-order valence-corrected chi connectivity index (χ4v) is 3.46. The second-order valence-electron chi connectivity index (χ2n) is 8.11.